The highest BCUT2D eigenvalue weighted by atomic mass is 16.3. The number of carbonyl (C=O) groups excluding carboxylic acids is 1. The van der Waals surface area contributed by atoms with Gasteiger partial charge >= 0.3 is 6.03 Å². The Morgan fingerprint density at radius 1 is 1.26 bits per heavy atom. The van der Waals surface area contributed by atoms with Crippen molar-refractivity contribution in [2.45, 2.75) is 66.5 Å². The molecule has 0 bridgehead atoms. The van der Waals surface area contributed by atoms with Gasteiger partial charge in [-0.2, -0.15) is 0 Å². The fourth-order valence-electron chi connectivity index (χ4n) is 3.35. The fourth-order valence-corrected chi connectivity index (χ4v) is 3.35. The molecule has 5 nitrogen and oxygen atoms in total. The molecule has 3 N–H and O–H groups in total. The lowest BCUT2D eigenvalue weighted by molar-refractivity contribution is 0.0151. The van der Waals surface area contributed by atoms with Crippen LogP contribution in [0.2, 0.25) is 0 Å². The molecule has 0 radical (unpaired) electrons. The van der Waals surface area contributed by atoms with Crippen molar-refractivity contribution in [3.8, 4) is 0 Å². The molecule has 2 amide bonds. The molecule has 23 heavy (non-hydrogen) atoms. The summed E-state index contributed by atoms with van der Waals surface area (Å²) in [5, 5.41) is 16.1. The van der Waals surface area contributed by atoms with E-state index in [-0.39, 0.29) is 17.4 Å². The molecule has 1 heterocycles. The summed E-state index contributed by atoms with van der Waals surface area (Å²) in [6, 6.07) is 0.445. The summed E-state index contributed by atoms with van der Waals surface area (Å²) < 4.78 is 0. The molecule has 1 saturated heterocycles. The monoisotopic (exact) mass is 327 g/mol. The van der Waals surface area contributed by atoms with Crippen LogP contribution in [0.4, 0.5) is 4.79 Å². The first-order valence-corrected chi connectivity index (χ1v) is 9.07. The van der Waals surface area contributed by atoms with E-state index in [0.29, 0.717) is 18.5 Å². The van der Waals surface area contributed by atoms with Crippen LogP contribution >= 0.6 is 0 Å². The first-order valence-electron chi connectivity index (χ1n) is 9.07. The molecule has 1 rings (SSSR count). The van der Waals surface area contributed by atoms with Gasteiger partial charge in [-0.05, 0) is 45.1 Å². The van der Waals surface area contributed by atoms with Crippen molar-refractivity contribution < 1.29 is 9.90 Å². The van der Waals surface area contributed by atoms with Crippen LogP contribution in [0.15, 0.2) is 0 Å². The van der Waals surface area contributed by atoms with Gasteiger partial charge in [0.1, 0.15) is 0 Å². The molecule has 0 saturated carbocycles. The average Bonchev–Trinajstić information content (AvgIpc) is 2.50. The lowest BCUT2D eigenvalue weighted by Gasteiger charge is -2.35. The maximum absolute atomic E-state index is 12.0. The van der Waals surface area contributed by atoms with Crippen LogP contribution in [0.1, 0.15) is 54.4 Å². The van der Waals surface area contributed by atoms with Crippen molar-refractivity contribution in [3.63, 3.8) is 0 Å². The summed E-state index contributed by atoms with van der Waals surface area (Å²) in [5.74, 6) is 0.713. The number of urea groups is 1. The Hall–Kier alpha value is -0.810. The zero-order valence-electron chi connectivity index (χ0n) is 15.9. The van der Waals surface area contributed by atoms with Crippen LogP contribution in [-0.4, -0.2) is 54.4 Å². The number of piperidine rings is 1. The van der Waals surface area contributed by atoms with E-state index in [1.807, 2.05) is 27.7 Å². The fraction of sp³-hybridized carbons (Fsp3) is 0.944. The second-order valence-corrected chi connectivity index (χ2v) is 8.34. The van der Waals surface area contributed by atoms with Gasteiger partial charge in [-0.1, -0.05) is 27.7 Å². The van der Waals surface area contributed by atoms with Gasteiger partial charge in [-0.3, -0.25) is 0 Å². The SMILES string of the molecule is CC(C)C(O)C(C)(C)CNC(=O)NCC1CCCN(C(C)C)C1. The Bertz CT molecular complexity index is 369. The highest BCUT2D eigenvalue weighted by Gasteiger charge is 2.30. The van der Waals surface area contributed by atoms with Gasteiger partial charge in [0.25, 0.3) is 0 Å². The van der Waals surface area contributed by atoms with Crippen molar-refractivity contribution in [2.24, 2.45) is 17.3 Å². The number of likely N-dealkylation sites (tertiary alicyclic amines) is 1. The van der Waals surface area contributed by atoms with E-state index >= 15 is 0 Å². The van der Waals surface area contributed by atoms with E-state index in [4.69, 9.17) is 0 Å². The van der Waals surface area contributed by atoms with E-state index in [2.05, 4.69) is 29.4 Å². The quantitative estimate of drug-likeness (QED) is 0.673. The zero-order valence-corrected chi connectivity index (χ0v) is 15.9. The van der Waals surface area contributed by atoms with Gasteiger partial charge in [0.15, 0.2) is 0 Å². The third-order valence-corrected chi connectivity index (χ3v) is 4.97. The molecule has 0 aromatic carbocycles. The molecule has 1 aliphatic heterocycles. The number of amides is 2. The Kier molecular flexibility index (Phi) is 7.81. The van der Waals surface area contributed by atoms with Crippen molar-refractivity contribution >= 4 is 6.03 Å². The largest absolute Gasteiger partial charge is 0.392 e. The molecule has 2 unspecified atom stereocenters. The summed E-state index contributed by atoms with van der Waals surface area (Å²) in [5.41, 5.74) is -0.329. The lowest BCUT2D eigenvalue weighted by Crippen LogP contribution is -2.48. The van der Waals surface area contributed by atoms with Crippen LogP contribution in [0, 0.1) is 17.3 Å². The van der Waals surface area contributed by atoms with Gasteiger partial charge in [-0.25, -0.2) is 4.79 Å². The van der Waals surface area contributed by atoms with Gasteiger partial charge in [-0.15, -0.1) is 0 Å². The molecule has 5 heteroatoms. The Morgan fingerprint density at radius 2 is 1.91 bits per heavy atom. The molecular weight excluding hydrogens is 290 g/mol. The summed E-state index contributed by atoms with van der Waals surface area (Å²) in [6.07, 6.45) is 1.96. The summed E-state index contributed by atoms with van der Waals surface area (Å²) in [6.45, 7) is 15.8. The average molecular weight is 328 g/mol. The second kappa shape index (κ2) is 8.88. The first kappa shape index (κ1) is 20.2. The lowest BCUT2D eigenvalue weighted by atomic mass is 9.81. The maximum atomic E-state index is 12.0. The Balaban J connectivity index is 2.32. The van der Waals surface area contributed by atoms with Crippen LogP contribution < -0.4 is 10.6 Å². The van der Waals surface area contributed by atoms with Crippen LogP contribution in [0.5, 0.6) is 0 Å². The van der Waals surface area contributed by atoms with Crippen molar-refractivity contribution in [1.29, 1.82) is 0 Å². The van der Waals surface area contributed by atoms with Crippen molar-refractivity contribution in [2.75, 3.05) is 26.2 Å². The van der Waals surface area contributed by atoms with Crippen LogP contribution in [0.3, 0.4) is 0 Å². The number of hydrogen-bond acceptors (Lipinski definition) is 3. The number of carbonyl (C=O) groups is 1. The minimum atomic E-state index is -0.430. The van der Waals surface area contributed by atoms with E-state index in [0.717, 1.165) is 13.1 Å². The number of hydrogen-bond donors (Lipinski definition) is 3. The van der Waals surface area contributed by atoms with Crippen molar-refractivity contribution in [3.05, 3.63) is 0 Å². The molecule has 0 spiro atoms. The molecule has 2 atom stereocenters. The summed E-state index contributed by atoms with van der Waals surface area (Å²) in [4.78, 5) is 14.5. The van der Waals surface area contributed by atoms with Gasteiger partial charge < -0.3 is 20.6 Å². The smallest absolute Gasteiger partial charge is 0.314 e. The summed E-state index contributed by atoms with van der Waals surface area (Å²) in [7, 11) is 0. The predicted molar refractivity (Wildman–Crippen MR) is 95.5 cm³/mol. The minimum Gasteiger partial charge on any atom is -0.392 e. The Labute approximate surface area is 142 Å². The summed E-state index contributed by atoms with van der Waals surface area (Å²) >= 11 is 0. The molecular formula is C18H37N3O2. The van der Waals surface area contributed by atoms with Gasteiger partial charge in [0.05, 0.1) is 6.10 Å². The second-order valence-electron chi connectivity index (χ2n) is 8.34. The van der Waals surface area contributed by atoms with Crippen LogP contribution in [-0.2, 0) is 0 Å². The highest BCUT2D eigenvalue weighted by Crippen LogP contribution is 2.25. The third kappa shape index (κ3) is 6.68. The molecule has 1 fully saturated rings. The highest BCUT2D eigenvalue weighted by molar-refractivity contribution is 5.73. The molecule has 0 aliphatic carbocycles. The van der Waals surface area contributed by atoms with E-state index < -0.39 is 6.10 Å². The third-order valence-electron chi connectivity index (χ3n) is 4.97. The Morgan fingerprint density at radius 3 is 2.48 bits per heavy atom. The molecule has 0 aromatic rings. The molecule has 136 valence electrons. The maximum Gasteiger partial charge on any atom is 0.314 e. The minimum absolute atomic E-state index is 0.129. The number of nitrogens with one attached hydrogen (secondary N) is 2. The zero-order chi connectivity index (χ0) is 17.6. The first-order chi connectivity index (χ1) is 10.6. The number of aliphatic hydroxyl groups is 1. The van der Waals surface area contributed by atoms with E-state index in [1.165, 1.54) is 19.4 Å². The van der Waals surface area contributed by atoms with Gasteiger partial charge in [0.2, 0.25) is 0 Å². The topological polar surface area (TPSA) is 64.6 Å². The van der Waals surface area contributed by atoms with E-state index in [1.54, 1.807) is 0 Å². The standard InChI is InChI=1S/C18H37N3O2/c1-13(2)16(22)18(5,6)12-20-17(23)19-10-15-8-7-9-21(11-15)14(3)4/h13-16,22H,7-12H2,1-6H3,(H2,19,20,23). The van der Waals surface area contributed by atoms with Crippen molar-refractivity contribution in [1.82, 2.24) is 15.5 Å². The number of rotatable bonds is 7. The van der Waals surface area contributed by atoms with Gasteiger partial charge in [0, 0.05) is 31.1 Å². The normalized spacial score (nSPS) is 21.5. The van der Waals surface area contributed by atoms with Crippen LogP contribution in [0.25, 0.3) is 0 Å². The molecule has 0 aromatic heterocycles. The van der Waals surface area contributed by atoms with E-state index in [9.17, 15) is 9.90 Å². The molecule has 1 aliphatic rings. The number of nitrogens with zero attached hydrogens (tertiary/aromatic N) is 1. The number of aliphatic hydroxyl groups excluding tert-OH is 1. The predicted octanol–water partition coefficient (Wildman–Crippen LogP) is 2.45.